The van der Waals surface area contributed by atoms with E-state index in [9.17, 15) is 17.6 Å². The van der Waals surface area contributed by atoms with Gasteiger partial charge >= 0.3 is 6.18 Å². The van der Waals surface area contributed by atoms with Crippen LogP contribution in [0.4, 0.5) is 40.7 Å². The molecular weight excluding hydrogens is 424 g/mol. The molecule has 0 amide bonds. The molecule has 1 heterocycles. The lowest BCUT2D eigenvalue weighted by atomic mass is 9.98. The van der Waals surface area contributed by atoms with E-state index in [-0.39, 0.29) is 12.1 Å². The molecule has 168 valence electrons. The molecule has 0 saturated heterocycles. The van der Waals surface area contributed by atoms with E-state index in [1.165, 1.54) is 30.7 Å². The molecule has 32 heavy (non-hydrogen) atoms. The van der Waals surface area contributed by atoms with Crippen molar-refractivity contribution in [3.8, 4) is 5.75 Å². The van der Waals surface area contributed by atoms with Crippen molar-refractivity contribution < 1.29 is 22.3 Å². The Hall–Kier alpha value is -3.36. The number of ether oxygens (including phenoxy) is 1. The maximum absolute atomic E-state index is 13.5. The third-order valence-corrected chi connectivity index (χ3v) is 5.17. The number of anilines is 4. The number of hydrogen-bond acceptors (Lipinski definition) is 5. The summed E-state index contributed by atoms with van der Waals surface area (Å²) in [6.45, 7) is 0. The summed E-state index contributed by atoms with van der Waals surface area (Å²) in [5.41, 5.74) is -0.121. The van der Waals surface area contributed by atoms with Gasteiger partial charge in [0.25, 0.3) is 0 Å². The maximum Gasteiger partial charge on any atom is 0.421 e. The summed E-state index contributed by atoms with van der Waals surface area (Å²) in [6, 6.07) is 12.1. The van der Waals surface area contributed by atoms with Gasteiger partial charge in [0.2, 0.25) is 5.95 Å². The molecule has 2 N–H and O–H groups in total. The molecule has 1 fully saturated rings. The Morgan fingerprint density at radius 3 is 2.12 bits per heavy atom. The molecule has 0 atom stereocenters. The third kappa shape index (κ3) is 5.66. The molecule has 0 unspecified atom stereocenters. The van der Waals surface area contributed by atoms with E-state index in [0.29, 0.717) is 23.3 Å². The summed E-state index contributed by atoms with van der Waals surface area (Å²) in [4.78, 5) is 7.74. The first-order chi connectivity index (χ1) is 15.4. The van der Waals surface area contributed by atoms with Crippen LogP contribution in [-0.2, 0) is 6.18 Å². The largest absolute Gasteiger partial charge is 0.490 e. The lowest BCUT2D eigenvalue weighted by Gasteiger charge is -2.23. The van der Waals surface area contributed by atoms with Crippen LogP contribution in [-0.4, -0.2) is 16.1 Å². The third-order valence-electron chi connectivity index (χ3n) is 5.17. The molecule has 9 heteroatoms. The minimum Gasteiger partial charge on any atom is -0.490 e. The van der Waals surface area contributed by atoms with Crippen molar-refractivity contribution >= 4 is 23.1 Å². The SMILES string of the molecule is Fc1ccc(Nc2ncc(C(F)(F)F)c(Nc3ccc(OC4CCCCC4)cc3)n2)cc1. The average molecular weight is 446 g/mol. The maximum atomic E-state index is 13.5. The van der Waals surface area contributed by atoms with E-state index in [4.69, 9.17) is 4.74 Å². The molecule has 0 spiro atoms. The summed E-state index contributed by atoms with van der Waals surface area (Å²) >= 11 is 0. The van der Waals surface area contributed by atoms with Gasteiger partial charge in [-0.1, -0.05) is 6.42 Å². The van der Waals surface area contributed by atoms with Gasteiger partial charge in [0.15, 0.2) is 0 Å². The molecule has 1 aliphatic carbocycles. The number of nitrogens with one attached hydrogen (secondary N) is 2. The molecule has 1 aliphatic rings. The van der Waals surface area contributed by atoms with Crippen LogP contribution in [0.25, 0.3) is 0 Å². The normalized spacial score (nSPS) is 14.8. The highest BCUT2D eigenvalue weighted by molar-refractivity contribution is 5.63. The fraction of sp³-hybridized carbons (Fsp3) is 0.304. The number of hydrogen-bond donors (Lipinski definition) is 2. The Bertz CT molecular complexity index is 1030. The van der Waals surface area contributed by atoms with Crippen LogP contribution in [0.2, 0.25) is 0 Å². The second kappa shape index (κ2) is 9.42. The quantitative estimate of drug-likeness (QED) is 0.406. The minimum atomic E-state index is -4.64. The summed E-state index contributed by atoms with van der Waals surface area (Å²) in [7, 11) is 0. The molecule has 0 bridgehead atoms. The Labute approximate surface area is 182 Å². The zero-order valence-electron chi connectivity index (χ0n) is 17.1. The molecular formula is C23H22F4N4O. The average Bonchev–Trinajstić information content (AvgIpc) is 2.77. The topological polar surface area (TPSA) is 59.1 Å². The van der Waals surface area contributed by atoms with Gasteiger partial charge < -0.3 is 15.4 Å². The first kappa shape index (κ1) is 21.9. The van der Waals surface area contributed by atoms with Crippen LogP contribution in [0.15, 0.2) is 54.7 Å². The number of alkyl halides is 3. The minimum absolute atomic E-state index is 0.0515. The van der Waals surface area contributed by atoms with Crippen LogP contribution in [0.3, 0.4) is 0 Å². The predicted molar refractivity (Wildman–Crippen MR) is 114 cm³/mol. The number of nitrogens with zero attached hydrogens (tertiary/aromatic N) is 2. The van der Waals surface area contributed by atoms with Gasteiger partial charge in [0.05, 0.1) is 6.10 Å². The molecule has 1 saturated carbocycles. The van der Waals surface area contributed by atoms with E-state index in [2.05, 4.69) is 20.6 Å². The van der Waals surface area contributed by atoms with Crippen molar-refractivity contribution in [1.82, 2.24) is 9.97 Å². The molecule has 0 aliphatic heterocycles. The molecule has 4 rings (SSSR count). The van der Waals surface area contributed by atoms with Gasteiger partial charge in [0, 0.05) is 17.6 Å². The van der Waals surface area contributed by atoms with E-state index in [1.807, 2.05) is 0 Å². The number of aromatic nitrogens is 2. The summed E-state index contributed by atoms with van der Waals surface area (Å²) in [6.07, 6.45) is 1.80. The number of benzene rings is 2. The van der Waals surface area contributed by atoms with E-state index in [0.717, 1.165) is 25.7 Å². The van der Waals surface area contributed by atoms with Crippen LogP contribution in [0.5, 0.6) is 5.75 Å². The Morgan fingerprint density at radius 1 is 0.844 bits per heavy atom. The fourth-order valence-electron chi connectivity index (χ4n) is 3.54. The first-order valence-electron chi connectivity index (χ1n) is 10.4. The van der Waals surface area contributed by atoms with Gasteiger partial charge in [-0.15, -0.1) is 0 Å². The van der Waals surface area contributed by atoms with Gasteiger partial charge in [0.1, 0.15) is 22.9 Å². The van der Waals surface area contributed by atoms with Gasteiger partial charge in [-0.3, -0.25) is 0 Å². The van der Waals surface area contributed by atoms with Crippen LogP contribution >= 0.6 is 0 Å². The zero-order chi connectivity index (χ0) is 22.6. The molecule has 5 nitrogen and oxygen atoms in total. The summed E-state index contributed by atoms with van der Waals surface area (Å²) in [5, 5.41) is 5.49. The van der Waals surface area contributed by atoms with Crippen LogP contribution in [0, 0.1) is 5.82 Å². The Kier molecular flexibility index (Phi) is 6.43. The van der Waals surface area contributed by atoms with Gasteiger partial charge in [-0.2, -0.15) is 18.2 Å². The first-order valence-corrected chi connectivity index (χ1v) is 10.4. The zero-order valence-corrected chi connectivity index (χ0v) is 17.1. The summed E-state index contributed by atoms with van der Waals surface area (Å²) in [5.74, 6) is -0.190. The fourth-order valence-corrected chi connectivity index (χ4v) is 3.54. The summed E-state index contributed by atoms with van der Waals surface area (Å²) < 4.78 is 59.5. The molecule has 1 aromatic heterocycles. The monoisotopic (exact) mass is 446 g/mol. The van der Waals surface area contributed by atoms with Gasteiger partial charge in [-0.05, 0) is 74.2 Å². The van der Waals surface area contributed by atoms with E-state index in [1.54, 1.807) is 24.3 Å². The van der Waals surface area contributed by atoms with E-state index < -0.39 is 23.4 Å². The lowest BCUT2D eigenvalue weighted by Crippen LogP contribution is -2.19. The highest BCUT2D eigenvalue weighted by atomic mass is 19.4. The number of halogens is 4. The Morgan fingerprint density at radius 2 is 1.47 bits per heavy atom. The molecule has 3 aromatic rings. The van der Waals surface area contributed by atoms with Crippen molar-refractivity contribution in [3.63, 3.8) is 0 Å². The number of rotatable bonds is 6. The van der Waals surface area contributed by atoms with Crippen molar-refractivity contribution in [2.45, 2.75) is 44.4 Å². The van der Waals surface area contributed by atoms with Crippen molar-refractivity contribution in [2.24, 2.45) is 0 Å². The highest BCUT2D eigenvalue weighted by Crippen LogP contribution is 2.35. The van der Waals surface area contributed by atoms with Crippen molar-refractivity contribution in [3.05, 3.63) is 66.1 Å². The highest BCUT2D eigenvalue weighted by Gasteiger charge is 2.35. The van der Waals surface area contributed by atoms with Crippen LogP contribution in [0.1, 0.15) is 37.7 Å². The van der Waals surface area contributed by atoms with Crippen molar-refractivity contribution in [1.29, 1.82) is 0 Å². The van der Waals surface area contributed by atoms with Crippen molar-refractivity contribution in [2.75, 3.05) is 10.6 Å². The smallest absolute Gasteiger partial charge is 0.421 e. The standard InChI is InChI=1S/C23H22F4N4O/c24-15-6-8-17(9-7-15)30-22-28-14-20(23(25,26)27)21(31-22)29-16-10-12-19(13-11-16)32-18-4-2-1-3-5-18/h6-14,18H,1-5H2,(H2,28,29,30,31). The predicted octanol–water partition coefficient (Wildman–Crippen LogP) is 6.83. The van der Waals surface area contributed by atoms with Crippen LogP contribution < -0.4 is 15.4 Å². The Balaban J connectivity index is 1.52. The van der Waals surface area contributed by atoms with Gasteiger partial charge in [-0.25, -0.2) is 9.37 Å². The second-order valence-corrected chi connectivity index (χ2v) is 7.61. The van der Waals surface area contributed by atoms with E-state index >= 15 is 0 Å². The lowest BCUT2D eigenvalue weighted by molar-refractivity contribution is -0.137. The molecule has 0 radical (unpaired) electrons. The second-order valence-electron chi connectivity index (χ2n) is 7.61. The molecule has 2 aromatic carbocycles.